The van der Waals surface area contributed by atoms with Crippen LogP contribution in [0.3, 0.4) is 0 Å². The number of rotatable bonds is 57. The maximum Gasteiger partial charge on any atom is 0.306 e. The van der Waals surface area contributed by atoms with Gasteiger partial charge in [-0.2, -0.15) is 0 Å². The van der Waals surface area contributed by atoms with Crippen LogP contribution in [0.4, 0.5) is 0 Å². The molecule has 1 aliphatic rings. The fourth-order valence-electron chi connectivity index (χ4n) is 9.98. The SMILES string of the molecule is CCCCC/C=C\C/C=C\C/C=C\C/C=C\CCCCCCCCCCCCCC(=O)OC1C(OCC(NC(=O)C(O)CC/C=C\C/C=C\C/C=C\C/C=C\CCCCC)C(O)/C=C/CCCCCCCCCCCC)OC(CO)C(O)C1O. The van der Waals surface area contributed by atoms with Crippen LogP contribution in [0.15, 0.2) is 109 Å². The van der Waals surface area contributed by atoms with E-state index in [9.17, 15) is 35.1 Å². The summed E-state index contributed by atoms with van der Waals surface area (Å²) >= 11 is 0. The third kappa shape index (κ3) is 46.5. The number of aliphatic hydroxyl groups excluding tert-OH is 5. The molecule has 1 amide bonds. The van der Waals surface area contributed by atoms with Gasteiger partial charge in [-0.15, -0.1) is 0 Å². The highest BCUT2D eigenvalue weighted by Crippen LogP contribution is 2.26. The summed E-state index contributed by atoms with van der Waals surface area (Å²) in [5.74, 6) is -1.26. The molecule has 0 aromatic heterocycles. The van der Waals surface area contributed by atoms with Crippen LogP contribution < -0.4 is 5.32 Å². The second-order valence-corrected chi connectivity index (χ2v) is 23.2. The van der Waals surface area contributed by atoms with E-state index in [1.165, 1.54) is 128 Å². The topological polar surface area (TPSA) is 175 Å². The zero-order chi connectivity index (χ0) is 61.0. The summed E-state index contributed by atoms with van der Waals surface area (Å²) in [5.41, 5.74) is 0. The number of carbonyl (C=O) groups is 2. The van der Waals surface area contributed by atoms with E-state index < -0.39 is 67.4 Å². The molecule has 8 unspecified atom stereocenters. The molecular weight excluding hydrogens is 1050 g/mol. The van der Waals surface area contributed by atoms with Gasteiger partial charge in [0.05, 0.1) is 25.4 Å². The Morgan fingerprint density at radius 3 is 1.25 bits per heavy atom. The van der Waals surface area contributed by atoms with Crippen molar-refractivity contribution in [3.8, 4) is 0 Å². The lowest BCUT2D eigenvalue weighted by Gasteiger charge is -2.41. The van der Waals surface area contributed by atoms with Gasteiger partial charge >= 0.3 is 5.97 Å². The molecule has 1 aliphatic heterocycles. The van der Waals surface area contributed by atoms with Crippen LogP contribution in [0.1, 0.15) is 278 Å². The van der Waals surface area contributed by atoms with Gasteiger partial charge in [-0.05, 0) is 109 Å². The van der Waals surface area contributed by atoms with Crippen molar-refractivity contribution in [1.82, 2.24) is 5.32 Å². The van der Waals surface area contributed by atoms with Crippen molar-refractivity contribution in [2.24, 2.45) is 0 Å². The Hall–Kier alpha value is -3.68. The largest absolute Gasteiger partial charge is 0.454 e. The first kappa shape index (κ1) is 78.3. The highest BCUT2D eigenvalue weighted by molar-refractivity contribution is 5.80. The number of hydrogen-bond donors (Lipinski definition) is 6. The Balaban J connectivity index is 2.60. The van der Waals surface area contributed by atoms with Gasteiger partial charge in [-0.1, -0.05) is 271 Å². The maximum atomic E-state index is 13.4. The van der Waals surface area contributed by atoms with Crippen LogP contribution in [0.5, 0.6) is 0 Å². The first-order chi connectivity index (χ1) is 41.2. The van der Waals surface area contributed by atoms with Crippen LogP contribution in [-0.4, -0.2) is 99.6 Å². The molecule has 6 N–H and O–H groups in total. The zero-order valence-electron chi connectivity index (χ0n) is 53.5. The van der Waals surface area contributed by atoms with E-state index in [2.05, 4.69) is 111 Å². The predicted molar refractivity (Wildman–Crippen MR) is 351 cm³/mol. The Bertz CT molecular complexity index is 1780. The highest BCUT2D eigenvalue weighted by Gasteiger charge is 2.47. The molecule has 0 bridgehead atoms. The molecule has 0 aromatic rings. The molecule has 84 heavy (non-hydrogen) atoms. The minimum absolute atomic E-state index is 0.108. The Morgan fingerprint density at radius 1 is 0.464 bits per heavy atom. The molecule has 0 saturated carbocycles. The van der Waals surface area contributed by atoms with E-state index >= 15 is 0 Å². The normalized spacial score (nSPS) is 19.2. The van der Waals surface area contributed by atoms with E-state index in [0.717, 1.165) is 103 Å². The molecule has 1 saturated heterocycles. The number of carbonyl (C=O) groups excluding carboxylic acids is 2. The van der Waals surface area contributed by atoms with Crippen LogP contribution in [0.25, 0.3) is 0 Å². The summed E-state index contributed by atoms with van der Waals surface area (Å²) in [6.45, 7) is 5.70. The van der Waals surface area contributed by atoms with Gasteiger partial charge < -0.3 is 45.1 Å². The minimum Gasteiger partial charge on any atom is -0.454 e. The fourth-order valence-corrected chi connectivity index (χ4v) is 9.98. The van der Waals surface area contributed by atoms with E-state index in [0.29, 0.717) is 12.8 Å². The van der Waals surface area contributed by atoms with Crippen LogP contribution in [0, 0.1) is 0 Å². The number of amides is 1. The van der Waals surface area contributed by atoms with E-state index in [4.69, 9.17) is 14.2 Å². The summed E-state index contributed by atoms with van der Waals surface area (Å²) in [6.07, 6.45) is 71.4. The lowest BCUT2D eigenvalue weighted by Crippen LogP contribution is -2.61. The first-order valence-electron chi connectivity index (χ1n) is 34.2. The third-order valence-electron chi connectivity index (χ3n) is 15.4. The summed E-state index contributed by atoms with van der Waals surface area (Å²) in [7, 11) is 0. The van der Waals surface area contributed by atoms with Crippen molar-refractivity contribution in [3.05, 3.63) is 109 Å². The molecule has 1 heterocycles. The van der Waals surface area contributed by atoms with E-state index in [1.54, 1.807) is 6.08 Å². The molecule has 0 aliphatic carbocycles. The van der Waals surface area contributed by atoms with Crippen molar-refractivity contribution >= 4 is 11.9 Å². The lowest BCUT2D eigenvalue weighted by molar-refractivity contribution is -0.305. The molecule has 1 rings (SSSR count). The van der Waals surface area contributed by atoms with E-state index in [1.807, 2.05) is 18.2 Å². The predicted octanol–water partition coefficient (Wildman–Crippen LogP) is 17.2. The molecule has 0 aromatic carbocycles. The summed E-state index contributed by atoms with van der Waals surface area (Å²) in [5, 5.41) is 57.0. The number of aliphatic hydroxyl groups is 5. The van der Waals surface area contributed by atoms with Crippen molar-refractivity contribution in [2.75, 3.05) is 13.2 Å². The average molecular weight is 1180 g/mol. The monoisotopic (exact) mass is 1180 g/mol. The Morgan fingerprint density at radius 2 is 0.821 bits per heavy atom. The fraction of sp³-hybridized carbons (Fsp3) is 0.726. The van der Waals surface area contributed by atoms with Crippen molar-refractivity contribution in [2.45, 2.75) is 327 Å². The Labute approximate surface area is 513 Å². The van der Waals surface area contributed by atoms with Gasteiger partial charge in [-0.3, -0.25) is 9.59 Å². The number of unbranched alkanes of at least 4 members (excludes halogenated alkanes) is 27. The van der Waals surface area contributed by atoms with Gasteiger partial charge in [0.1, 0.15) is 24.4 Å². The second-order valence-electron chi connectivity index (χ2n) is 23.2. The Kier molecular flexibility index (Phi) is 55.6. The van der Waals surface area contributed by atoms with Crippen molar-refractivity contribution in [1.29, 1.82) is 0 Å². The van der Waals surface area contributed by atoms with E-state index in [-0.39, 0.29) is 19.4 Å². The maximum absolute atomic E-state index is 13.4. The lowest BCUT2D eigenvalue weighted by atomic mass is 9.99. The van der Waals surface area contributed by atoms with Crippen LogP contribution in [0.2, 0.25) is 0 Å². The number of nitrogens with one attached hydrogen (secondary N) is 1. The molecule has 482 valence electrons. The van der Waals surface area contributed by atoms with Gasteiger partial charge in [0.25, 0.3) is 0 Å². The molecular formula is C73H125NO10. The van der Waals surface area contributed by atoms with Crippen molar-refractivity contribution in [3.63, 3.8) is 0 Å². The number of esters is 1. The molecule has 11 nitrogen and oxygen atoms in total. The zero-order valence-corrected chi connectivity index (χ0v) is 53.5. The summed E-state index contributed by atoms with van der Waals surface area (Å²) in [4.78, 5) is 26.6. The molecule has 8 atom stereocenters. The standard InChI is InChI=1S/C73H125NO10/c1-4-7-10-13-16-19-22-25-27-29-30-31-32-33-34-35-36-37-38-39-41-43-46-49-52-55-58-61-68(78)84-71-70(80)69(79)67(62-75)83-73(71)82-63-64(65(76)59-56-53-50-47-44-24-21-18-15-12-9-6-3)74-72(81)66(77)60-57-54-51-48-45-42-40-28-26-23-20-17-14-11-8-5-2/h16-17,19-20,25-28,30-31,33-34,42,45,51,54,56,59,64-67,69-71,73,75-77,79-80H,4-15,18,21-24,29,32,35-41,43-44,46-50,52-53,55,57-58,60-63H2,1-3H3,(H,74,81)/b19-16-,20-17-,27-25-,28-26-,31-30-,34-33-,45-42-,54-51-,59-56+. The van der Waals surface area contributed by atoms with Gasteiger partial charge in [0.2, 0.25) is 5.91 Å². The highest BCUT2D eigenvalue weighted by atomic mass is 16.7. The second kappa shape index (κ2) is 59.6. The van der Waals surface area contributed by atoms with Gasteiger partial charge in [0, 0.05) is 6.42 Å². The molecule has 11 heteroatoms. The molecule has 0 spiro atoms. The van der Waals surface area contributed by atoms with Gasteiger partial charge in [0.15, 0.2) is 12.4 Å². The average Bonchev–Trinajstić information content (AvgIpc) is 3.69. The van der Waals surface area contributed by atoms with Crippen molar-refractivity contribution < 1.29 is 49.3 Å². The third-order valence-corrected chi connectivity index (χ3v) is 15.4. The number of ether oxygens (including phenoxy) is 3. The summed E-state index contributed by atoms with van der Waals surface area (Å²) in [6, 6.07) is -1.06. The van der Waals surface area contributed by atoms with Gasteiger partial charge in [-0.25, -0.2) is 0 Å². The molecule has 1 fully saturated rings. The first-order valence-corrected chi connectivity index (χ1v) is 34.2. The molecule has 0 radical (unpaired) electrons. The quantitative estimate of drug-likeness (QED) is 0.0195. The number of allylic oxidation sites excluding steroid dienone is 17. The summed E-state index contributed by atoms with van der Waals surface area (Å²) < 4.78 is 17.6. The number of hydrogen-bond acceptors (Lipinski definition) is 10. The van der Waals surface area contributed by atoms with Crippen LogP contribution >= 0.6 is 0 Å². The minimum atomic E-state index is -1.63. The smallest absolute Gasteiger partial charge is 0.306 e. The van der Waals surface area contributed by atoms with Crippen LogP contribution in [-0.2, 0) is 23.8 Å².